The smallest absolute Gasteiger partial charge is 0.221 e. The van der Waals surface area contributed by atoms with E-state index in [4.69, 9.17) is 0 Å². The monoisotopic (exact) mass is 316 g/mol. The van der Waals surface area contributed by atoms with Gasteiger partial charge in [-0.1, -0.05) is 0 Å². The van der Waals surface area contributed by atoms with E-state index in [0.717, 1.165) is 30.1 Å². The topological polar surface area (TPSA) is 59.8 Å². The van der Waals surface area contributed by atoms with Crippen LogP contribution in [0.4, 0.5) is 0 Å². The SMILES string of the molecule is CCn1ncnc1[C@@H](C)NC(=O)CC12CC3CC(CC(C3)C1)C2. The standard InChI is InChI=1S/C18H28N4O/c1-3-22-17(19-11-20-22)12(2)21-16(23)10-18-7-13-4-14(8-18)6-15(5-13)9-18/h11-15H,3-10H2,1-2H3,(H,21,23)/t12-,13?,14?,15?,18?/m1/s1. The molecule has 0 radical (unpaired) electrons. The lowest BCUT2D eigenvalue weighted by Gasteiger charge is -2.56. The van der Waals surface area contributed by atoms with Crippen LogP contribution in [0.2, 0.25) is 0 Å². The van der Waals surface area contributed by atoms with Crippen LogP contribution in [0.3, 0.4) is 0 Å². The molecule has 4 bridgehead atoms. The zero-order valence-corrected chi connectivity index (χ0v) is 14.3. The summed E-state index contributed by atoms with van der Waals surface area (Å²) in [4.78, 5) is 17.0. The Hall–Kier alpha value is -1.39. The quantitative estimate of drug-likeness (QED) is 0.908. The molecule has 1 heterocycles. The maximum atomic E-state index is 12.7. The Kier molecular flexibility index (Phi) is 3.69. The Morgan fingerprint density at radius 2 is 1.91 bits per heavy atom. The summed E-state index contributed by atoms with van der Waals surface area (Å²) >= 11 is 0. The highest BCUT2D eigenvalue weighted by atomic mass is 16.1. The van der Waals surface area contributed by atoms with Gasteiger partial charge in [0.2, 0.25) is 5.91 Å². The van der Waals surface area contributed by atoms with Gasteiger partial charge >= 0.3 is 0 Å². The molecule has 4 aliphatic rings. The van der Waals surface area contributed by atoms with Gasteiger partial charge in [-0.15, -0.1) is 0 Å². The highest BCUT2D eigenvalue weighted by Gasteiger charge is 2.51. The second kappa shape index (κ2) is 5.60. The molecule has 0 aromatic carbocycles. The molecule has 4 aliphatic carbocycles. The Morgan fingerprint density at radius 3 is 2.48 bits per heavy atom. The van der Waals surface area contributed by atoms with Crippen molar-refractivity contribution in [3.05, 3.63) is 12.2 Å². The Bertz CT molecular complexity index is 558. The van der Waals surface area contributed by atoms with Crippen molar-refractivity contribution in [3.8, 4) is 0 Å². The molecule has 1 aromatic rings. The van der Waals surface area contributed by atoms with E-state index in [-0.39, 0.29) is 11.9 Å². The van der Waals surface area contributed by atoms with Crippen LogP contribution in [0, 0.1) is 23.2 Å². The summed E-state index contributed by atoms with van der Waals surface area (Å²) in [5.41, 5.74) is 0.303. The van der Waals surface area contributed by atoms with Crippen LogP contribution in [0.5, 0.6) is 0 Å². The molecule has 23 heavy (non-hydrogen) atoms. The molecular weight excluding hydrogens is 288 g/mol. The Balaban J connectivity index is 1.40. The number of carbonyl (C=O) groups is 1. The number of aromatic nitrogens is 3. The summed E-state index contributed by atoms with van der Waals surface area (Å²) in [7, 11) is 0. The molecule has 1 atom stereocenters. The van der Waals surface area contributed by atoms with E-state index in [1.165, 1.54) is 38.5 Å². The molecule has 4 saturated carbocycles. The number of hydrogen-bond acceptors (Lipinski definition) is 3. The molecule has 0 saturated heterocycles. The summed E-state index contributed by atoms with van der Waals surface area (Å²) in [5.74, 6) is 3.75. The molecule has 1 N–H and O–H groups in total. The van der Waals surface area contributed by atoms with Gasteiger partial charge in [0.25, 0.3) is 0 Å². The van der Waals surface area contributed by atoms with Crippen LogP contribution in [0.1, 0.15) is 70.7 Å². The minimum atomic E-state index is -0.0705. The molecule has 0 spiro atoms. The lowest BCUT2D eigenvalue weighted by molar-refractivity contribution is -0.130. The first-order chi connectivity index (χ1) is 11.1. The summed E-state index contributed by atoms with van der Waals surface area (Å²) in [6.07, 6.45) is 10.4. The van der Waals surface area contributed by atoms with Crippen molar-refractivity contribution in [1.29, 1.82) is 0 Å². The largest absolute Gasteiger partial charge is 0.346 e. The van der Waals surface area contributed by atoms with Crippen molar-refractivity contribution in [2.24, 2.45) is 23.2 Å². The predicted octanol–water partition coefficient (Wildman–Crippen LogP) is 3.08. The van der Waals surface area contributed by atoms with Gasteiger partial charge in [0, 0.05) is 13.0 Å². The fraction of sp³-hybridized carbons (Fsp3) is 0.833. The molecule has 126 valence electrons. The lowest BCUT2D eigenvalue weighted by atomic mass is 9.49. The summed E-state index contributed by atoms with van der Waals surface area (Å²) in [6, 6.07) is -0.0705. The van der Waals surface area contributed by atoms with E-state index in [0.29, 0.717) is 11.8 Å². The highest BCUT2D eigenvalue weighted by Crippen LogP contribution is 2.61. The highest BCUT2D eigenvalue weighted by molar-refractivity contribution is 5.77. The van der Waals surface area contributed by atoms with Crippen LogP contribution < -0.4 is 5.32 Å². The molecule has 1 aromatic heterocycles. The zero-order chi connectivity index (χ0) is 16.0. The van der Waals surface area contributed by atoms with Crippen molar-refractivity contribution in [2.75, 3.05) is 0 Å². The van der Waals surface area contributed by atoms with E-state index >= 15 is 0 Å². The van der Waals surface area contributed by atoms with Crippen molar-refractivity contribution >= 4 is 5.91 Å². The van der Waals surface area contributed by atoms with Crippen LogP contribution in [0.25, 0.3) is 0 Å². The second-order valence-electron chi connectivity index (χ2n) is 8.32. The first-order valence-electron chi connectivity index (χ1n) is 9.24. The maximum absolute atomic E-state index is 12.7. The van der Waals surface area contributed by atoms with E-state index in [2.05, 4.69) is 15.4 Å². The molecule has 0 unspecified atom stereocenters. The molecule has 5 nitrogen and oxygen atoms in total. The van der Waals surface area contributed by atoms with Gasteiger partial charge < -0.3 is 5.32 Å². The number of nitrogens with zero attached hydrogens (tertiary/aromatic N) is 3. The fourth-order valence-electron chi connectivity index (χ4n) is 6.06. The molecule has 5 heteroatoms. The molecule has 5 rings (SSSR count). The van der Waals surface area contributed by atoms with Gasteiger partial charge in [-0.3, -0.25) is 4.79 Å². The lowest BCUT2D eigenvalue weighted by Crippen LogP contribution is -2.48. The normalized spacial score (nSPS) is 36.2. The predicted molar refractivity (Wildman–Crippen MR) is 87.5 cm³/mol. The van der Waals surface area contributed by atoms with Crippen LogP contribution in [-0.4, -0.2) is 20.7 Å². The molecule has 4 fully saturated rings. The molecule has 1 amide bonds. The van der Waals surface area contributed by atoms with E-state index in [1.54, 1.807) is 6.33 Å². The molecule has 0 aliphatic heterocycles. The van der Waals surface area contributed by atoms with Crippen LogP contribution in [0.15, 0.2) is 6.33 Å². The van der Waals surface area contributed by atoms with Crippen molar-refractivity contribution in [2.45, 2.75) is 71.4 Å². The number of carbonyl (C=O) groups excluding carboxylic acids is 1. The average Bonchev–Trinajstić information content (AvgIpc) is 2.93. The number of amides is 1. The van der Waals surface area contributed by atoms with Gasteiger partial charge in [0.05, 0.1) is 6.04 Å². The van der Waals surface area contributed by atoms with Gasteiger partial charge in [-0.05, 0) is 75.5 Å². The number of rotatable bonds is 5. The first-order valence-corrected chi connectivity index (χ1v) is 9.24. The summed E-state index contributed by atoms with van der Waals surface area (Å²) in [6.45, 7) is 4.83. The van der Waals surface area contributed by atoms with Crippen molar-refractivity contribution < 1.29 is 4.79 Å². The van der Waals surface area contributed by atoms with Gasteiger partial charge in [0.1, 0.15) is 12.2 Å². The number of hydrogen-bond donors (Lipinski definition) is 1. The summed E-state index contributed by atoms with van der Waals surface area (Å²) < 4.78 is 1.86. The number of aryl methyl sites for hydroxylation is 1. The third-order valence-corrected chi connectivity index (χ3v) is 6.41. The third kappa shape index (κ3) is 2.79. The number of nitrogens with one attached hydrogen (secondary N) is 1. The molecular formula is C18H28N4O. The average molecular weight is 316 g/mol. The van der Waals surface area contributed by atoms with Crippen molar-refractivity contribution in [1.82, 2.24) is 20.1 Å². The van der Waals surface area contributed by atoms with Crippen LogP contribution in [-0.2, 0) is 11.3 Å². The summed E-state index contributed by atoms with van der Waals surface area (Å²) in [5, 5.41) is 7.37. The van der Waals surface area contributed by atoms with Gasteiger partial charge in [-0.2, -0.15) is 5.10 Å². The van der Waals surface area contributed by atoms with Gasteiger partial charge in [-0.25, -0.2) is 9.67 Å². The van der Waals surface area contributed by atoms with Crippen molar-refractivity contribution in [3.63, 3.8) is 0 Å². The van der Waals surface area contributed by atoms with E-state index < -0.39 is 0 Å². The maximum Gasteiger partial charge on any atom is 0.221 e. The minimum Gasteiger partial charge on any atom is -0.346 e. The second-order valence-corrected chi connectivity index (χ2v) is 8.32. The Labute approximate surface area is 138 Å². The fourth-order valence-corrected chi connectivity index (χ4v) is 6.06. The van der Waals surface area contributed by atoms with Gasteiger partial charge in [0.15, 0.2) is 0 Å². The minimum absolute atomic E-state index is 0.0705. The van der Waals surface area contributed by atoms with Crippen LogP contribution >= 0.6 is 0 Å². The third-order valence-electron chi connectivity index (χ3n) is 6.41. The first kappa shape index (κ1) is 15.2. The van der Waals surface area contributed by atoms with E-state index in [1.807, 2.05) is 18.5 Å². The zero-order valence-electron chi connectivity index (χ0n) is 14.3. The van der Waals surface area contributed by atoms with E-state index in [9.17, 15) is 4.79 Å². The Morgan fingerprint density at radius 1 is 1.30 bits per heavy atom.